The number of amides is 1. The van der Waals surface area contributed by atoms with E-state index in [-0.39, 0.29) is 23.2 Å². The predicted molar refractivity (Wildman–Crippen MR) is 103 cm³/mol. The van der Waals surface area contributed by atoms with E-state index in [9.17, 15) is 9.59 Å². The summed E-state index contributed by atoms with van der Waals surface area (Å²) in [4.78, 5) is 33.1. The van der Waals surface area contributed by atoms with E-state index in [0.717, 1.165) is 11.3 Å². The van der Waals surface area contributed by atoms with Gasteiger partial charge in [0.25, 0.3) is 11.5 Å². The van der Waals surface area contributed by atoms with E-state index in [2.05, 4.69) is 25.3 Å². The van der Waals surface area contributed by atoms with Crippen LogP contribution in [0.2, 0.25) is 0 Å². The zero-order valence-corrected chi connectivity index (χ0v) is 15.2. The van der Waals surface area contributed by atoms with E-state index in [4.69, 9.17) is 4.52 Å². The molecular formula is C20H16N6O3. The van der Waals surface area contributed by atoms with Gasteiger partial charge in [-0.25, -0.2) is 0 Å². The van der Waals surface area contributed by atoms with Gasteiger partial charge in [-0.15, -0.1) is 0 Å². The Kier molecular flexibility index (Phi) is 4.05. The molecule has 1 fully saturated rings. The standard InChI is InChI=1S/C20H16N6O3/c27-18-14(7-4-8-21-18)17-22-19(29-25-17)13-10-26(11-13)20(28)16-9-15(23-24-16)12-5-2-1-3-6-12/h1-9,13H,10-11H2,(H,21,27)(H,23,24). The first-order valence-corrected chi connectivity index (χ1v) is 9.11. The molecule has 0 bridgehead atoms. The zero-order chi connectivity index (χ0) is 19.8. The maximum absolute atomic E-state index is 12.7. The summed E-state index contributed by atoms with van der Waals surface area (Å²) in [5.74, 6) is 0.476. The summed E-state index contributed by atoms with van der Waals surface area (Å²) >= 11 is 0. The molecule has 0 atom stereocenters. The van der Waals surface area contributed by atoms with Crippen LogP contribution >= 0.6 is 0 Å². The van der Waals surface area contributed by atoms with Crippen molar-refractivity contribution in [1.29, 1.82) is 0 Å². The number of aromatic nitrogens is 5. The molecule has 4 aromatic rings. The van der Waals surface area contributed by atoms with E-state index < -0.39 is 0 Å². The molecule has 9 nitrogen and oxygen atoms in total. The Morgan fingerprint density at radius 3 is 2.76 bits per heavy atom. The maximum atomic E-state index is 12.7. The molecule has 0 radical (unpaired) electrons. The van der Waals surface area contributed by atoms with Crippen LogP contribution < -0.4 is 5.56 Å². The number of pyridine rings is 1. The van der Waals surface area contributed by atoms with Gasteiger partial charge in [0.1, 0.15) is 5.69 Å². The number of likely N-dealkylation sites (tertiary alicyclic amines) is 1. The highest BCUT2D eigenvalue weighted by Gasteiger charge is 2.36. The van der Waals surface area contributed by atoms with Crippen LogP contribution in [-0.4, -0.2) is 49.2 Å². The van der Waals surface area contributed by atoms with E-state index in [0.29, 0.717) is 30.2 Å². The molecule has 4 heterocycles. The first kappa shape index (κ1) is 17.1. The lowest BCUT2D eigenvalue weighted by Gasteiger charge is -2.36. The molecule has 5 rings (SSSR count). The lowest BCUT2D eigenvalue weighted by Crippen LogP contribution is -2.48. The van der Waals surface area contributed by atoms with E-state index in [1.165, 1.54) is 0 Å². The third-order valence-corrected chi connectivity index (χ3v) is 4.90. The Morgan fingerprint density at radius 2 is 1.97 bits per heavy atom. The topological polar surface area (TPSA) is 121 Å². The van der Waals surface area contributed by atoms with Crippen molar-refractivity contribution in [3.63, 3.8) is 0 Å². The Balaban J connectivity index is 1.26. The number of benzene rings is 1. The van der Waals surface area contributed by atoms with Crippen LogP contribution in [0.1, 0.15) is 22.3 Å². The van der Waals surface area contributed by atoms with Crippen molar-refractivity contribution < 1.29 is 9.32 Å². The molecule has 3 aromatic heterocycles. The van der Waals surface area contributed by atoms with Gasteiger partial charge in [-0.2, -0.15) is 10.1 Å². The van der Waals surface area contributed by atoms with Gasteiger partial charge in [0.2, 0.25) is 11.7 Å². The number of carbonyl (C=O) groups excluding carboxylic acids is 1. The molecule has 0 spiro atoms. The summed E-state index contributed by atoms with van der Waals surface area (Å²) in [5, 5.41) is 10.9. The van der Waals surface area contributed by atoms with Crippen molar-refractivity contribution in [2.24, 2.45) is 0 Å². The van der Waals surface area contributed by atoms with E-state index in [1.54, 1.807) is 29.3 Å². The number of H-pyrrole nitrogens is 2. The van der Waals surface area contributed by atoms with Gasteiger partial charge in [-0.1, -0.05) is 35.5 Å². The molecule has 2 N–H and O–H groups in total. The van der Waals surface area contributed by atoms with E-state index in [1.807, 2.05) is 30.3 Å². The minimum atomic E-state index is -0.279. The Labute approximate surface area is 164 Å². The van der Waals surface area contributed by atoms with Gasteiger partial charge in [-0.05, 0) is 18.2 Å². The zero-order valence-electron chi connectivity index (χ0n) is 15.2. The molecule has 0 saturated carbocycles. The predicted octanol–water partition coefficient (Wildman–Crippen LogP) is 2.05. The molecule has 144 valence electrons. The van der Waals surface area contributed by atoms with Crippen molar-refractivity contribution in [1.82, 2.24) is 30.2 Å². The highest BCUT2D eigenvalue weighted by atomic mass is 16.5. The van der Waals surface area contributed by atoms with Gasteiger partial charge in [-0.3, -0.25) is 14.7 Å². The maximum Gasteiger partial charge on any atom is 0.271 e. The fourth-order valence-corrected chi connectivity index (χ4v) is 3.27. The summed E-state index contributed by atoms with van der Waals surface area (Å²) in [6, 6.07) is 14.7. The second-order valence-electron chi connectivity index (χ2n) is 6.81. The molecule has 1 amide bonds. The lowest BCUT2D eigenvalue weighted by molar-refractivity contribution is 0.0563. The van der Waals surface area contributed by atoms with Gasteiger partial charge in [0, 0.05) is 24.8 Å². The number of hydrogen-bond acceptors (Lipinski definition) is 6. The number of carbonyl (C=O) groups is 1. The summed E-state index contributed by atoms with van der Waals surface area (Å²) in [7, 11) is 0. The molecule has 9 heteroatoms. The quantitative estimate of drug-likeness (QED) is 0.552. The number of hydrogen-bond donors (Lipinski definition) is 2. The van der Waals surface area contributed by atoms with Crippen molar-refractivity contribution >= 4 is 5.91 Å². The summed E-state index contributed by atoms with van der Waals surface area (Å²) in [6.45, 7) is 0.927. The van der Waals surface area contributed by atoms with Crippen LogP contribution in [0.4, 0.5) is 0 Å². The third kappa shape index (κ3) is 3.12. The molecule has 0 aliphatic carbocycles. The molecule has 1 saturated heterocycles. The molecular weight excluding hydrogens is 372 g/mol. The van der Waals surface area contributed by atoms with Crippen LogP contribution in [0.15, 0.2) is 64.0 Å². The highest BCUT2D eigenvalue weighted by Crippen LogP contribution is 2.28. The number of nitrogens with zero attached hydrogens (tertiary/aromatic N) is 4. The van der Waals surface area contributed by atoms with Crippen LogP contribution in [0.25, 0.3) is 22.6 Å². The Morgan fingerprint density at radius 1 is 1.14 bits per heavy atom. The summed E-state index contributed by atoms with van der Waals surface area (Å²) in [6.07, 6.45) is 1.54. The lowest BCUT2D eigenvalue weighted by atomic mass is 9.99. The molecule has 1 aromatic carbocycles. The minimum Gasteiger partial charge on any atom is -0.339 e. The summed E-state index contributed by atoms with van der Waals surface area (Å²) in [5.41, 5.74) is 2.17. The Hall–Kier alpha value is -4.01. The first-order valence-electron chi connectivity index (χ1n) is 9.11. The van der Waals surface area contributed by atoms with Gasteiger partial charge >= 0.3 is 0 Å². The van der Waals surface area contributed by atoms with Crippen molar-refractivity contribution in [2.45, 2.75) is 5.92 Å². The number of nitrogens with one attached hydrogen (secondary N) is 2. The van der Waals surface area contributed by atoms with Crippen LogP contribution in [0, 0.1) is 0 Å². The second-order valence-corrected chi connectivity index (χ2v) is 6.81. The fraction of sp³-hybridized carbons (Fsp3) is 0.150. The summed E-state index contributed by atoms with van der Waals surface area (Å²) < 4.78 is 5.30. The smallest absolute Gasteiger partial charge is 0.271 e. The van der Waals surface area contributed by atoms with Crippen molar-refractivity contribution in [3.8, 4) is 22.6 Å². The van der Waals surface area contributed by atoms with Gasteiger partial charge in [0.15, 0.2) is 0 Å². The van der Waals surface area contributed by atoms with Gasteiger partial charge < -0.3 is 14.4 Å². The normalized spacial score (nSPS) is 14.0. The highest BCUT2D eigenvalue weighted by molar-refractivity contribution is 5.94. The monoisotopic (exact) mass is 388 g/mol. The largest absolute Gasteiger partial charge is 0.339 e. The average Bonchev–Trinajstić information content (AvgIpc) is 3.38. The fourth-order valence-electron chi connectivity index (χ4n) is 3.27. The van der Waals surface area contributed by atoms with Crippen LogP contribution in [0.5, 0.6) is 0 Å². The van der Waals surface area contributed by atoms with Crippen molar-refractivity contribution in [3.05, 3.63) is 76.7 Å². The van der Waals surface area contributed by atoms with Crippen LogP contribution in [-0.2, 0) is 0 Å². The molecule has 1 aliphatic heterocycles. The van der Waals surface area contributed by atoms with Crippen molar-refractivity contribution in [2.75, 3.05) is 13.1 Å². The molecule has 0 unspecified atom stereocenters. The molecule has 1 aliphatic rings. The van der Waals surface area contributed by atoms with Gasteiger partial charge in [0.05, 0.1) is 17.2 Å². The second kappa shape index (κ2) is 6.86. The third-order valence-electron chi connectivity index (χ3n) is 4.90. The number of rotatable bonds is 4. The SMILES string of the molecule is O=C(c1cc(-c2ccccc2)n[nH]1)N1CC(c2nc(-c3ccc[nH]c3=O)no2)C1. The number of aromatic amines is 2. The van der Waals surface area contributed by atoms with Crippen LogP contribution in [0.3, 0.4) is 0 Å². The van der Waals surface area contributed by atoms with E-state index >= 15 is 0 Å². The average molecular weight is 388 g/mol. The molecule has 29 heavy (non-hydrogen) atoms. The Bertz CT molecular complexity index is 1220. The first-order chi connectivity index (χ1) is 14.2. The minimum absolute atomic E-state index is 0.0560.